The van der Waals surface area contributed by atoms with E-state index in [9.17, 15) is 13.6 Å². The smallest absolute Gasteiger partial charge is 0.264 e. The highest BCUT2D eigenvalue weighted by molar-refractivity contribution is 7.98. The molecule has 6 heteroatoms. The SMILES string of the molecule is O=C(c1ccc(F)cc1)n1c(SCc2ccc(F)cc2)nc2ccccc21. The molecule has 0 radical (unpaired) electrons. The van der Waals surface area contributed by atoms with Gasteiger partial charge in [-0.15, -0.1) is 0 Å². The second-order valence-corrected chi connectivity index (χ2v) is 6.89. The number of imidazole rings is 1. The van der Waals surface area contributed by atoms with E-state index in [1.54, 1.807) is 12.1 Å². The number of carbonyl (C=O) groups is 1. The summed E-state index contributed by atoms with van der Waals surface area (Å²) < 4.78 is 27.8. The van der Waals surface area contributed by atoms with Crippen LogP contribution in [-0.2, 0) is 5.75 Å². The molecule has 4 rings (SSSR count). The summed E-state index contributed by atoms with van der Waals surface area (Å²) in [7, 11) is 0. The molecular weight excluding hydrogens is 366 g/mol. The van der Waals surface area contributed by atoms with Gasteiger partial charge in [-0.2, -0.15) is 0 Å². The fourth-order valence-electron chi connectivity index (χ4n) is 2.75. The standard InChI is InChI=1S/C21H14F2N2OS/c22-16-9-5-14(6-10-16)13-27-21-24-18-3-1-2-4-19(18)25(21)20(26)15-7-11-17(23)12-8-15/h1-12H,13H2. The van der Waals surface area contributed by atoms with E-state index in [0.29, 0.717) is 27.5 Å². The quantitative estimate of drug-likeness (QED) is 0.451. The Labute approximate surface area is 158 Å². The van der Waals surface area contributed by atoms with Crippen molar-refractivity contribution in [3.63, 3.8) is 0 Å². The maximum absolute atomic E-state index is 13.2. The van der Waals surface area contributed by atoms with Crippen molar-refractivity contribution in [3.05, 3.63) is 95.6 Å². The van der Waals surface area contributed by atoms with Crippen LogP contribution in [0.2, 0.25) is 0 Å². The van der Waals surface area contributed by atoms with Crippen LogP contribution in [0.1, 0.15) is 15.9 Å². The highest BCUT2D eigenvalue weighted by atomic mass is 32.2. The predicted octanol–water partition coefficient (Wildman–Crippen LogP) is 5.30. The first-order chi connectivity index (χ1) is 13.1. The third-order valence-corrected chi connectivity index (χ3v) is 5.12. The van der Waals surface area contributed by atoms with Crippen molar-refractivity contribution in [2.24, 2.45) is 0 Å². The molecule has 4 aromatic rings. The lowest BCUT2D eigenvalue weighted by atomic mass is 10.2. The average Bonchev–Trinajstić information content (AvgIpc) is 3.06. The van der Waals surface area contributed by atoms with Crippen LogP contribution in [0.15, 0.2) is 78.0 Å². The molecule has 134 valence electrons. The molecule has 3 nitrogen and oxygen atoms in total. The average molecular weight is 380 g/mol. The van der Waals surface area contributed by atoms with Crippen molar-refractivity contribution in [1.82, 2.24) is 9.55 Å². The summed E-state index contributed by atoms with van der Waals surface area (Å²) in [5.74, 6) is -0.416. The van der Waals surface area contributed by atoms with Gasteiger partial charge < -0.3 is 0 Å². The lowest BCUT2D eigenvalue weighted by molar-refractivity contribution is 0.0955. The number of benzene rings is 3. The van der Waals surface area contributed by atoms with E-state index in [2.05, 4.69) is 4.98 Å². The van der Waals surface area contributed by atoms with E-state index in [0.717, 1.165) is 5.56 Å². The second-order valence-electron chi connectivity index (χ2n) is 5.95. The number of hydrogen-bond acceptors (Lipinski definition) is 3. The van der Waals surface area contributed by atoms with Crippen LogP contribution in [0.25, 0.3) is 11.0 Å². The minimum absolute atomic E-state index is 0.273. The monoisotopic (exact) mass is 380 g/mol. The van der Waals surface area contributed by atoms with Gasteiger partial charge in [-0.25, -0.2) is 13.8 Å². The zero-order valence-electron chi connectivity index (χ0n) is 14.1. The number of aromatic nitrogens is 2. The van der Waals surface area contributed by atoms with Crippen molar-refractivity contribution in [2.75, 3.05) is 0 Å². The molecule has 0 aliphatic rings. The van der Waals surface area contributed by atoms with Crippen molar-refractivity contribution < 1.29 is 13.6 Å². The number of hydrogen-bond donors (Lipinski definition) is 0. The Morgan fingerprint density at radius 3 is 2.22 bits per heavy atom. The van der Waals surface area contributed by atoms with Crippen LogP contribution in [0.5, 0.6) is 0 Å². The van der Waals surface area contributed by atoms with E-state index < -0.39 is 5.82 Å². The molecule has 0 unspecified atom stereocenters. The molecule has 0 fully saturated rings. The van der Waals surface area contributed by atoms with Crippen molar-refractivity contribution in [3.8, 4) is 0 Å². The molecule has 0 aliphatic carbocycles. The van der Waals surface area contributed by atoms with Crippen LogP contribution in [0, 0.1) is 11.6 Å². The summed E-state index contributed by atoms with van der Waals surface area (Å²) in [5.41, 5.74) is 2.69. The predicted molar refractivity (Wildman–Crippen MR) is 102 cm³/mol. The minimum atomic E-state index is -0.395. The normalized spacial score (nSPS) is 11.0. The molecule has 0 bridgehead atoms. The summed E-state index contributed by atoms with van der Waals surface area (Å²) in [6.07, 6.45) is 0. The fourth-order valence-corrected chi connectivity index (χ4v) is 3.71. The van der Waals surface area contributed by atoms with Crippen LogP contribution in [-0.4, -0.2) is 15.5 Å². The molecule has 0 atom stereocenters. The van der Waals surface area contributed by atoms with Gasteiger partial charge in [-0.1, -0.05) is 36.0 Å². The van der Waals surface area contributed by atoms with Crippen molar-refractivity contribution in [2.45, 2.75) is 10.9 Å². The van der Waals surface area contributed by atoms with Crippen LogP contribution in [0.4, 0.5) is 8.78 Å². The van der Waals surface area contributed by atoms with Gasteiger partial charge in [0.2, 0.25) is 0 Å². The number of fused-ring (bicyclic) bond motifs is 1. The van der Waals surface area contributed by atoms with Crippen LogP contribution < -0.4 is 0 Å². The lowest BCUT2D eigenvalue weighted by Gasteiger charge is -2.08. The van der Waals surface area contributed by atoms with Crippen LogP contribution in [0.3, 0.4) is 0 Å². The van der Waals surface area contributed by atoms with Gasteiger partial charge in [0.15, 0.2) is 5.16 Å². The minimum Gasteiger partial charge on any atom is -0.268 e. The number of thioether (sulfide) groups is 1. The first kappa shape index (κ1) is 17.4. The Balaban J connectivity index is 1.71. The Kier molecular flexibility index (Phi) is 4.73. The molecule has 0 aliphatic heterocycles. The maximum atomic E-state index is 13.2. The van der Waals surface area contributed by atoms with Crippen molar-refractivity contribution >= 4 is 28.7 Å². The highest BCUT2D eigenvalue weighted by Crippen LogP contribution is 2.28. The summed E-state index contributed by atoms with van der Waals surface area (Å²) in [5, 5.41) is 0.537. The van der Waals surface area contributed by atoms with E-state index in [1.807, 2.05) is 24.3 Å². The van der Waals surface area contributed by atoms with Gasteiger partial charge in [0, 0.05) is 11.3 Å². The van der Waals surface area contributed by atoms with Gasteiger partial charge in [-0.05, 0) is 54.1 Å². The first-order valence-electron chi connectivity index (χ1n) is 8.27. The summed E-state index contributed by atoms with van der Waals surface area (Å²) in [6, 6.07) is 19.0. The fraction of sp³-hybridized carbons (Fsp3) is 0.0476. The Morgan fingerprint density at radius 1 is 0.889 bits per heavy atom. The third-order valence-electron chi connectivity index (χ3n) is 4.11. The molecule has 0 N–H and O–H groups in total. The van der Waals surface area contributed by atoms with E-state index in [4.69, 9.17) is 0 Å². The Hall–Kier alpha value is -2.99. The van der Waals surface area contributed by atoms with E-state index in [1.165, 1.54) is 52.7 Å². The number of nitrogens with zero attached hydrogens (tertiary/aromatic N) is 2. The zero-order chi connectivity index (χ0) is 18.8. The summed E-state index contributed by atoms with van der Waals surface area (Å²) >= 11 is 1.39. The summed E-state index contributed by atoms with van der Waals surface area (Å²) in [6.45, 7) is 0. The third kappa shape index (κ3) is 3.61. The van der Waals surface area contributed by atoms with Gasteiger partial charge >= 0.3 is 0 Å². The topological polar surface area (TPSA) is 34.9 Å². The molecule has 27 heavy (non-hydrogen) atoms. The highest BCUT2D eigenvalue weighted by Gasteiger charge is 2.18. The van der Waals surface area contributed by atoms with Crippen LogP contribution >= 0.6 is 11.8 Å². The second kappa shape index (κ2) is 7.32. The molecule has 1 heterocycles. The molecule has 0 amide bonds. The van der Waals surface area contributed by atoms with Gasteiger partial charge in [0.05, 0.1) is 11.0 Å². The summed E-state index contributed by atoms with van der Waals surface area (Å²) in [4.78, 5) is 17.6. The van der Waals surface area contributed by atoms with Crippen molar-refractivity contribution in [1.29, 1.82) is 0 Å². The number of para-hydroxylation sites is 2. The maximum Gasteiger partial charge on any atom is 0.264 e. The molecule has 3 aromatic carbocycles. The zero-order valence-corrected chi connectivity index (χ0v) is 14.9. The molecule has 1 aromatic heterocycles. The van der Waals surface area contributed by atoms with Gasteiger partial charge in [0.25, 0.3) is 5.91 Å². The first-order valence-corrected chi connectivity index (χ1v) is 9.25. The van der Waals surface area contributed by atoms with Gasteiger partial charge in [0.1, 0.15) is 11.6 Å². The number of halogens is 2. The number of rotatable bonds is 4. The largest absolute Gasteiger partial charge is 0.268 e. The molecule has 0 spiro atoms. The lowest BCUT2D eigenvalue weighted by Crippen LogP contribution is -2.13. The molecular formula is C21H14F2N2OS. The van der Waals surface area contributed by atoms with E-state index >= 15 is 0 Å². The van der Waals surface area contributed by atoms with Gasteiger partial charge in [-0.3, -0.25) is 9.36 Å². The van der Waals surface area contributed by atoms with E-state index in [-0.39, 0.29) is 11.7 Å². The number of carbonyl (C=O) groups excluding carboxylic acids is 1. The Morgan fingerprint density at radius 2 is 1.52 bits per heavy atom. The molecule has 0 saturated heterocycles. The Bertz CT molecular complexity index is 1110. The molecule has 0 saturated carbocycles.